The highest BCUT2D eigenvalue weighted by Crippen LogP contribution is 2.41. The first-order chi connectivity index (χ1) is 64.4. The molecule has 0 aromatic heterocycles. The SMILES string of the molecule is CC(C)(C)c1ccc([S+](c2ccc3ccccc3c2)c2ccc3ccccc3c2)cc1.CS(=O)(=O)c1ccc([S+](c2ccccc2)c2ccccc2)cc1.FC(F)(F)Cc1cccc([S+](c2ccccc2)c2ccccc2)c1.O=S(=O)(c1ccc([S+](c2ccccc2)c2ccccc2)cc1)C1CCCC1.O=S(=O)(c1ccc([S+](c2ccccc2)c2ccccc2)cc1)C1CCCCC1. The number of rotatable bonds is 21. The van der Waals surface area contributed by atoms with Crippen molar-refractivity contribution in [1.82, 2.24) is 0 Å². The van der Waals surface area contributed by atoms with Gasteiger partial charge in [0.1, 0.15) is 0 Å². The number of alkyl halides is 3. The third kappa shape index (κ3) is 25.4. The zero-order valence-electron chi connectivity index (χ0n) is 74.8. The summed E-state index contributed by atoms with van der Waals surface area (Å²) in [6.07, 6.45) is 4.55. The van der Waals surface area contributed by atoms with Crippen LogP contribution in [0.15, 0.2) is 537 Å². The Balaban J connectivity index is 0.000000127. The molecule has 2 saturated carbocycles. The molecule has 0 heterocycles. The molecule has 672 valence electrons. The Hall–Kier alpha value is -11.4. The first-order valence-electron chi connectivity index (χ1n) is 44.7. The second-order valence-corrected chi connectivity index (χ2v) is 50.3. The Bertz CT molecular complexity index is 6710. The van der Waals surface area contributed by atoms with Crippen molar-refractivity contribution in [2.24, 2.45) is 0 Å². The molecule has 17 heteroatoms. The molecule has 17 aromatic rings. The molecule has 2 aliphatic rings. The minimum atomic E-state index is -4.20. The first kappa shape index (κ1) is 96.2. The Morgan fingerprint density at radius 1 is 0.241 bits per heavy atom. The van der Waals surface area contributed by atoms with Crippen molar-refractivity contribution in [1.29, 1.82) is 0 Å². The van der Waals surface area contributed by atoms with Crippen LogP contribution in [0, 0.1) is 0 Å². The predicted molar refractivity (Wildman–Crippen MR) is 548 cm³/mol. The van der Waals surface area contributed by atoms with E-state index in [1.807, 2.05) is 176 Å². The van der Waals surface area contributed by atoms with Crippen molar-refractivity contribution in [3.8, 4) is 0 Å². The maximum absolute atomic E-state index is 13.0. The van der Waals surface area contributed by atoms with Gasteiger partial charge in [-0.3, -0.25) is 0 Å². The summed E-state index contributed by atoms with van der Waals surface area (Å²) >= 11 is 0. The quantitative estimate of drug-likeness (QED) is 0.0664. The highest BCUT2D eigenvalue weighted by Gasteiger charge is 2.38. The van der Waals surface area contributed by atoms with Gasteiger partial charge >= 0.3 is 6.18 Å². The number of sulfone groups is 3. The average molecular weight is 1910 g/mol. The van der Waals surface area contributed by atoms with Gasteiger partial charge in [0.2, 0.25) is 0 Å². The number of fused-ring (bicyclic) bond motifs is 2. The Kier molecular flexibility index (Phi) is 32.6. The molecule has 2 aliphatic carbocycles. The second-order valence-electron chi connectivity index (χ2n) is 33.7. The Morgan fingerprint density at radius 2 is 0.466 bits per heavy atom. The molecule has 0 aliphatic heterocycles. The number of benzene rings is 17. The first-order valence-corrected chi connectivity index (χ1v) is 55.8. The Morgan fingerprint density at radius 3 is 0.752 bits per heavy atom. The van der Waals surface area contributed by atoms with Gasteiger partial charge in [-0.2, -0.15) is 13.2 Å². The van der Waals surface area contributed by atoms with Gasteiger partial charge in [0.25, 0.3) is 0 Å². The summed E-state index contributed by atoms with van der Waals surface area (Å²) in [5, 5.41) is 4.75. The molecule has 0 saturated heterocycles. The van der Waals surface area contributed by atoms with E-state index in [2.05, 4.69) is 251 Å². The van der Waals surface area contributed by atoms with E-state index in [4.69, 9.17) is 0 Å². The van der Waals surface area contributed by atoms with Gasteiger partial charge in [0.15, 0.2) is 103 Å². The van der Waals surface area contributed by atoms with Crippen LogP contribution in [0.5, 0.6) is 0 Å². The molecule has 0 spiro atoms. The van der Waals surface area contributed by atoms with Crippen molar-refractivity contribution in [2.45, 2.75) is 195 Å². The number of hydrogen-bond donors (Lipinski definition) is 0. The predicted octanol–water partition coefficient (Wildman–Crippen LogP) is 29.8. The molecule has 133 heavy (non-hydrogen) atoms. The molecule has 2 fully saturated rings. The van der Waals surface area contributed by atoms with Gasteiger partial charge in [-0.15, -0.1) is 0 Å². The van der Waals surface area contributed by atoms with E-state index >= 15 is 0 Å². The van der Waals surface area contributed by atoms with Crippen LogP contribution in [-0.2, 0) is 95.8 Å². The van der Waals surface area contributed by atoms with Gasteiger partial charge in [-0.1, -0.05) is 271 Å². The second kappa shape index (κ2) is 45.1. The zero-order valence-corrected chi connectivity index (χ0v) is 81.3. The van der Waals surface area contributed by atoms with E-state index in [1.54, 1.807) is 36.4 Å². The van der Waals surface area contributed by atoms with Crippen LogP contribution in [0.1, 0.15) is 89.7 Å². The average Bonchev–Trinajstić information content (AvgIpc) is 1.55. The van der Waals surface area contributed by atoms with Crippen LogP contribution in [-0.4, -0.2) is 48.2 Å². The minimum Gasteiger partial charge on any atom is -0.224 e. The third-order valence-corrected chi connectivity index (χ3v) is 40.0. The van der Waals surface area contributed by atoms with Crippen LogP contribution < -0.4 is 0 Å². The number of hydrogen-bond acceptors (Lipinski definition) is 6. The molecular weight excluding hydrogens is 1800 g/mol. The van der Waals surface area contributed by atoms with Gasteiger partial charge in [-0.05, 0) is 282 Å². The molecule has 0 atom stereocenters. The highest BCUT2D eigenvalue weighted by atomic mass is 32.2. The van der Waals surface area contributed by atoms with Crippen molar-refractivity contribution in [3.05, 3.63) is 460 Å². The topological polar surface area (TPSA) is 102 Å². The van der Waals surface area contributed by atoms with Crippen molar-refractivity contribution >= 4 is 106 Å². The summed E-state index contributed by atoms with van der Waals surface area (Å²) in [5.74, 6) is 0. The standard InChI is InChI=1S/C30H27S.C24H25O2S2.C23H23O2S2.C20H16F3S.C19H17O2S2/c1-30(2,3)26-14-18-27(19-15-26)31(28-16-12-22-8-4-6-10-24(22)20-28)29-17-13-23-9-5-7-11-25(23)21-29;25-28(26,23-14-8-3-9-15-23)24-18-16-22(17-19-24)27(20-10-4-1-5-11-20)21-12-6-2-7-13-21;24-27(25,22-13-7-8-14-22)23-17-15-21(16-18-23)26(19-9-3-1-4-10-19)20-11-5-2-6-12-20;21-20(22,23)15-16-8-7-13-19(14-16)24(17-9-3-1-4-10-17)18-11-5-2-6-12-18;1-23(20,21)19-14-12-18(13-15-19)22(16-8-4-2-5-9-16)17-10-6-3-7-11-17/h4-21H,1-3H3;1-2,4-7,10-13,16-19,23H,3,8-9,14-15H2;1-6,9-12,15-18,22H,7-8,13-14H2;1-14H,15H2;2-15H,1H3/q5*+1. The molecule has 19 rings (SSSR count). The fraction of sp³-hybridized carbons (Fsp3) is 0.155. The van der Waals surface area contributed by atoms with Crippen molar-refractivity contribution in [3.63, 3.8) is 0 Å². The zero-order chi connectivity index (χ0) is 92.8. The molecule has 0 radical (unpaired) electrons. The lowest BCUT2D eigenvalue weighted by molar-refractivity contribution is -0.127. The molecule has 0 amide bonds. The molecular formula is C116H108F3O6S8+5. The normalized spacial score (nSPS) is 13.3. The Labute approximate surface area is 798 Å². The fourth-order valence-electron chi connectivity index (χ4n) is 16.5. The van der Waals surface area contributed by atoms with E-state index in [0.29, 0.717) is 20.2 Å². The van der Waals surface area contributed by atoms with E-state index in [-0.39, 0.29) is 59.5 Å². The van der Waals surface area contributed by atoms with E-state index < -0.39 is 53.0 Å². The molecule has 0 N–H and O–H groups in total. The summed E-state index contributed by atoms with van der Waals surface area (Å²) in [6.45, 7) is 6.82. The van der Waals surface area contributed by atoms with Gasteiger partial charge in [-0.25, -0.2) is 25.3 Å². The molecule has 0 unspecified atom stereocenters. The van der Waals surface area contributed by atoms with Crippen LogP contribution in [0.4, 0.5) is 13.2 Å². The van der Waals surface area contributed by atoms with Crippen molar-refractivity contribution < 1.29 is 38.4 Å². The third-order valence-electron chi connectivity index (χ3n) is 23.2. The molecule has 0 bridgehead atoms. The van der Waals surface area contributed by atoms with E-state index in [0.717, 1.165) is 87.2 Å². The van der Waals surface area contributed by atoms with Gasteiger partial charge in [0, 0.05) is 18.4 Å². The van der Waals surface area contributed by atoms with Crippen molar-refractivity contribution in [2.75, 3.05) is 6.26 Å². The van der Waals surface area contributed by atoms with Gasteiger partial charge in [0.05, 0.1) is 86.1 Å². The molecule has 17 aromatic carbocycles. The summed E-state index contributed by atoms with van der Waals surface area (Å²) in [6, 6.07) is 152. The van der Waals surface area contributed by atoms with Crippen LogP contribution in [0.3, 0.4) is 0 Å². The minimum absolute atomic E-state index is 0.156. The maximum Gasteiger partial charge on any atom is 0.393 e. The lowest BCUT2D eigenvalue weighted by Crippen LogP contribution is -2.24. The van der Waals surface area contributed by atoms with Crippen LogP contribution in [0.25, 0.3) is 21.5 Å². The molecule has 6 nitrogen and oxygen atoms in total. The van der Waals surface area contributed by atoms with Crippen LogP contribution >= 0.6 is 0 Å². The lowest BCUT2D eigenvalue weighted by atomic mass is 9.87. The lowest BCUT2D eigenvalue weighted by Gasteiger charge is -2.21. The summed E-state index contributed by atoms with van der Waals surface area (Å²) in [4.78, 5) is 19.2. The van der Waals surface area contributed by atoms with E-state index in [9.17, 15) is 38.4 Å². The van der Waals surface area contributed by atoms with Crippen LogP contribution in [0.2, 0.25) is 0 Å². The fourth-order valence-corrected chi connectivity index (χ4v) is 31.4. The largest absolute Gasteiger partial charge is 0.393 e. The maximum atomic E-state index is 13.0. The highest BCUT2D eigenvalue weighted by molar-refractivity contribution is 7.98. The summed E-state index contributed by atoms with van der Waals surface area (Å²) < 4.78 is 113. The summed E-state index contributed by atoms with van der Waals surface area (Å²) in [7, 11) is -10.9. The number of halogens is 3. The smallest absolute Gasteiger partial charge is 0.224 e. The van der Waals surface area contributed by atoms with Gasteiger partial charge < -0.3 is 0 Å². The summed E-state index contributed by atoms with van der Waals surface area (Å²) in [5.41, 5.74) is 1.82. The van der Waals surface area contributed by atoms with E-state index in [1.165, 1.54) is 83.5 Å². The monoisotopic (exact) mass is 1910 g/mol.